The third-order valence-electron chi connectivity index (χ3n) is 3.64. The van der Waals surface area contributed by atoms with E-state index in [0.29, 0.717) is 5.56 Å². The minimum Gasteiger partial charge on any atom is -0.462 e. The lowest BCUT2D eigenvalue weighted by Gasteiger charge is -2.08. The van der Waals surface area contributed by atoms with E-state index in [1.807, 2.05) is 0 Å². The monoisotopic (exact) mass is 454 g/mol. The molecule has 2 rings (SSSR count). The first kappa shape index (κ1) is 23.3. The Morgan fingerprint density at radius 1 is 1.07 bits per heavy atom. The first-order chi connectivity index (χ1) is 14.3. The second kappa shape index (κ2) is 10.7. The Balaban J connectivity index is 2.16. The highest BCUT2D eigenvalue weighted by molar-refractivity contribution is 7.18. The molecule has 1 amide bonds. The quantitative estimate of drug-likeness (QED) is 0.366. The summed E-state index contributed by atoms with van der Waals surface area (Å²) in [7, 11) is 0. The largest absolute Gasteiger partial charge is 0.462 e. The summed E-state index contributed by atoms with van der Waals surface area (Å²) in [6.45, 7) is 4.49. The fraction of sp³-hybridized carbons (Fsp3) is 0.316. The van der Waals surface area contributed by atoms with E-state index in [9.17, 15) is 19.2 Å². The number of hydrogen-bond donors (Lipinski definition) is 1. The number of esters is 3. The van der Waals surface area contributed by atoms with E-state index < -0.39 is 30.4 Å². The van der Waals surface area contributed by atoms with Crippen LogP contribution in [-0.4, -0.2) is 48.6 Å². The summed E-state index contributed by atoms with van der Waals surface area (Å²) in [5.74, 6) is -2.78. The predicted molar refractivity (Wildman–Crippen MR) is 109 cm³/mol. The van der Waals surface area contributed by atoms with E-state index in [2.05, 4.69) is 10.3 Å². The first-order valence-electron chi connectivity index (χ1n) is 8.84. The maximum absolute atomic E-state index is 12.3. The minimum absolute atomic E-state index is 0.0468. The maximum Gasteiger partial charge on any atom is 0.348 e. The van der Waals surface area contributed by atoms with Crippen LogP contribution in [0.3, 0.4) is 0 Å². The Kier molecular flexibility index (Phi) is 8.31. The fourth-order valence-corrected chi connectivity index (χ4v) is 3.63. The summed E-state index contributed by atoms with van der Waals surface area (Å²) >= 11 is 6.59. The topological polar surface area (TPSA) is 121 Å². The van der Waals surface area contributed by atoms with Gasteiger partial charge in [-0.25, -0.2) is 19.4 Å². The zero-order valence-electron chi connectivity index (χ0n) is 16.4. The smallest absolute Gasteiger partial charge is 0.348 e. The van der Waals surface area contributed by atoms with E-state index in [1.165, 1.54) is 18.3 Å². The first-order valence-corrected chi connectivity index (χ1v) is 10.0. The number of rotatable bonds is 8. The van der Waals surface area contributed by atoms with Crippen LogP contribution in [0.2, 0.25) is 5.15 Å². The number of aromatic nitrogens is 1. The van der Waals surface area contributed by atoms with Crippen molar-refractivity contribution in [2.24, 2.45) is 0 Å². The van der Waals surface area contributed by atoms with Gasteiger partial charge < -0.3 is 19.5 Å². The summed E-state index contributed by atoms with van der Waals surface area (Å²) in [6, 6.07) is 2.69. The van der Waals surface area contributed by atoms with Crippen LogP contribution in [0.5, 0.6) is 0 Å². The van der Waals surface area contributed by atoms with Crippen molar-refractivity contribution in [2.75, 3.05) is 25.1 Å². The lowest BCUT2D eigenvalue weighted by atomic mass is 10.1. The molecule has 30 heavy (non-hydrogen) atoms. The van der Waals surface area contributed by atoms with Gasteiger partial charge in [-0.2, -0.15) is 0 Å². The van der Waals surface area contributed by atoms with Crippen LogP contribution in [0.1, 0.15) is 49.8 Å². The molecule has 0 radical (unpaired) electrons. The predicted octanol–water partition coefficient (Wildman–Crippen LogP) is 3.25. The van der Waals surface area contributed by atoms with Gasteiger partial charge in [0.05, 0.1) is 24.3 Å². The third-order valence-corrected chi connectivity index (χ3v) is 5.03. The van der Waals surface area contributed by atoms with E-state index in [-0.39, 0.29) is 39.4 Å². The number of ether oxygens (including phenoxy) is 3. The fourth-order valence-electron chi connectivity index (χ4n) is 2.35. The van der Waals surface area contributed by atoms with Gasteiger partial charge in [-0.15, -0.1) is 11.3 Å². The van der Waals surface area contributed by atoms with Crippen molar-refractivity contribution in [2.45, 2.75) is 20.8 Å². The molecule has 0 saturated heterocycles. The molecule has 0 unspecified atom stereocenters. The number of halogens is 1. The molecule has 11 heteroatoms. The molecule has 0 fully saturated rings. The SMILES string of the molecule is CCOC(=O)c1sc(NC(=O)COC(=O)c2ccnc(Cl)c2)c(C(=O)OCC)c1C. The Morgan fingerprint density at radius 3 is 2.37 bits per heavy atom. The normalized spacial score (nSPS) is 10.3. The highest BCUT2D eigenvalue weighted by Crippen LogP contribution is 2.34. The Morgan fingerprint density at radius 2 is 1.73 bits per heavy atom. The molecule has 2 aromatic heterocycles. The lowest BCUT2D eigenvalue weighted by Crippen LogP contribution is -2.21. The number of nitrogens with zero attached hydrogens (tertiary/aromatic N) is 1. The summed E-state index contributed by atoms with van der Waals surface area (Å²) in [5, 5.41) is 2.69. The summed E-state index contributed by atoms with van der Waals surface area (Å²) in [5.41, 5.74) is 0.507. The number of thiophene rings is 1. The molecule has 1 N–H and O–H groups in total. The molecule has 9 nitrogen and oxygen atoms in total. The van der Waals surface area contributed by atoms with E-state index in [1.54, 1.807) is 20.8 Å². The van der Waals surface area contributed by atoms with Crippen molar-refractivity contribution in [1.29, 1.82) is 0 Å². The van der Waals surface area contributed by atoms with Gasteiger partial charge >= 0.3 is 17.9 Å². The molecule has 0 aliphatic rings. The van der Waals surface area contributed by atoms with Gasteiger partial charge in [0.25, 0.3) is 5.91 Å². The van der Waals surface area contributed by atoms with Gasteiger partial charge in [0.15, 0.2) is 6.61 Å². The summed E-state index contributed by atoms with van der Waals surface area (Å²) in [6.07, 6.45) is 1.33. The molecule has 0 aromatic carbocycles. The third kappa shape index (κ3) is 5.77. The number of anilines is 1. The summed E-state index contributed by atoms with van der Waals surface area (Å²) in [4.78, 5) is 52.7. The van der Waals surface area contributed by atoms with Gasteiger partial charge in [-0.3, -0.25) is 4.79 Å². The number of pyridine rings is 1. The van der Waals surface area contributed by atoms with Crippen molar-refractivity contribution in [3.8, 4) is 0 Å². The van der Waals surface area contributed by atoms with Crippen LogP contribution in [0.25, 0.3) is 0 Å². The number of amides is 1. The number of hydrogen-bond acceptors (Lipinski definition) is 9. The average Bonchev–Trinajstić information content (AvgIpc) is 3.02. The molecule has 0 atom stereocenters. The standard InChI is InChI=1S/C19H19ClN2O7S/c1-4-27-18(25)14-10(3)15(19(26)28-5-2)30-16(14)22-13(23)9-29-17(24)11-6-7-21-12(20)8-11/h6-8H,4-5,9H2,1-3H3,(H,22,23). The van der Waals surface area contributed by atoms with Crippen molar-refractivity contribution in [1.82, 2.24) is 4.98 Å². The van der Waals surface area contributed by atoms with Crippen LogP contribution in [0.15, 0.2) is 18.3 Å². The molecule has 0 aliphatic carbocycles. The molecular weight excluding hydrogens is 436 g/mol. The second-order valence-electron chi connectivity index (χ2n) is 5.69. The van der Waals surface area contributed by atoms with Crippen LogP contribution >= 0.6 is 22.9 Å². The number of carbonyl (C=O) groups excluding carboxylic acids is 4. The van der Waals surface area contributed by atoms with Gasteiger partial charge in [0.1, 0.15) is 15.0 Å². The highest BCUT2D eigenvalue weighted by atomic mass is 35.5. The van der Waals surface area contributed by atoms with Gasteiger partial charge in [0.2, 0.25) is 0 Å². The van der Waals surface area contributed by atoms with Gasteiger partial charge in [-0.05, 0) is 38.5 Å². The van der Waals surface area contributed by atoms with E-state index in [4.69, 9.17) is 25.8 Å². The maximum atomic E-state index is 12.3. The van der Waals surface area contributed by atoms with Crippen molar-refractivity contribution >= 4 is 51.8 Å². The van der Waals surface area contributed by atoms with E-state index in [0.717, 1.165) is 11.3 Å². The van der Waals surface area contributed by atoms with Crippen LogP contribution in [0, 0.1) is 6.92 Å². The molecule has 0 bridgehead atoms. The van der Waals surface area contributed by atoms with Gasteiger partial charge in [-0.1, -0.05) is 11.6 Å². The van der Waals surface area contributed by atoms with E-state index >= 15 is 0 Å². The average molecular weight is 455 g/mol. The number of carbonyl (C=O) groups is 4. The molecular formula is C19H19ClN2O7S. The summed E-state index contributed by atoms with van der Waals surface area (Å²) < 4.78 is 14.9. The van der Waals surface area contributed by atoms with Crippen molar-refractivity contribution in [3.63, 3.8) is 0 Å². The van der Waals surface area contributed by atoms with Crippen molar-refractivity contribution in [3.05, 3.63) is 45.1 Å². The minimum atomic E-state index is -0.769. The molecule has 2 aromatic rings. The molecule has 0 aliphatic heterocycles. The van der Waals surface area contributed by atoms with Gasteiger partial charge in [0, 0.05) is 6.20 Å². The number of nitrogens with one attached hydrogen (secondary N) is 1. The molecule has 0 saturated carbocycles. The Hall–Kier alpha value is -2.98. The second-order valence-corrected chi connectivity index (χ2v) is 7.10. The highest BCUT2D eigenvalue weighted by Gasteiger charge is 2.27. The molecule has 160 valence electrons. The van der Waals surface area contributed by atoms with Crippen LogP contribution in [-0.2, 0) is 19.0 Å². The van der Waals surface area contributed by atoms with Crippen molar-refractivity contribution < 1.29 is 33.4 Å². The lowest BCUT2D eigenvalue weighted by molar-refractivity contribution is -0.119. The Bertz CT molecular complexity index is 974. The molecule has 0 spiro atoms. The molecule has 2 heterocycles. The van der Waals surface area contributed by atoms with Crippen LogP contribution < -0.4 is 5.32 Å². The Labute approximate surface area is 181 Å². The van der Waals surface area contributed by atoms with Crippen LogP contribution in [0.4, 0.5) is 5.00 Å². The zero-order chi connectivity index (χ0) is 22.3. The zero-order valence-corrected chi connectivity index (χ0v) is 18.0.